The Hall–Kier alpha value is -2.43. The van der Waals surface area contributed by atoms with E-state index in [0.29, 0.717) is 6.29 Å². The van der Waals surface area contributed by atoms with Gasteiger partial charge >= 0.3 is 0 Å². The summed E-state index contributed by atoms with van der Waals surface area (Å²) in [5.74, 6) is -1.15. The van der Waals surface area contributed by atoms with Crippen LogP contribution in [-0.4, -0.2) is 21.6 Å². The molecule has 5 nitrogen and oxygen atoms in total. The second-order valence-corrected chi connectivity index (χ2v) is 2.81. The molecule has 0 aliphatic rings. The Morgan fingerprint density at radius 3 is 1.81 bits per heavy atom. The number of furan rings is 1. The molecule has 5 heteroatoms. The molecular formula is C11H10O5. The van der Waals surface area contributed by atoms with E-state index >= 15 is 0 Å². The van der Waals surface area contributed by atoms with Gasteiger partial charge in [0.25, 0.3) is 0 Å². The molecule has 0 atom stereocenters. The molecule has 84 valence electrons. The van der Waals surface area contributed by atoms with Crippen LogP contribution in [-0.2, 0) is 0 Å². The van der Waals surface area contributed by atoms with Gasteiger partial charge in [-0.25, -0.2) is 0 Å². The van der Waals surface area contributed by atoms with Gasteiger partial charge in [-0.3, -0.25) is 4.79 Å². The number of rotatable bonds is 1. The van der Waals surface area contributed by atoms with Crippen LogP contribution < -0.4 is 0 Å². The van der Waals surface area contributed by atoms with Crippen LogP contribution in [0, 0.1) is 0 Å². The van der Waals surface area contributed by atoms with E-state index in [1.54, 1.807) is 12.5 Å². The van der Waals surface area contributed by atoms with Crippen molar-refractivity contribution >= 4 is 6.29 Å². The lowest BCUT2D eigenvalue weighted by molar-refractivity contribution is 0.111. The molecule has 1 aromatic carbocycles. The van der Waals surface area contributed by atoms with Crippen molar-refractivity contribution < 1.29 is 24.5 Å². The summed E-state index contributed by atoms with van der Waals surface area (Å²) in [6.07, 6.45) is 3.56. The van der Waals surface area contributed by atoms with Crippen LogP contribution in [0.2, 0.25) is 0 Å². The van der Waals surface area contributed by atoms with E-state index in [-0.39, 0.29) is 11.3 Å². The van der Waals surface area contributed by atoms with Crippen molar-refractivity contribution in [3.05, 3.63) is 42.4 Å². The van der Waals surface area contributed by atoms with Crippen LogP contribution in [0.25, 0.3) is 0 Å². The van der Waals surface area contributed by atoms with Crippen LogP contribution in [0.15, 0.2) is 41.2 Å². The fourth-order valence-electron chi connectivity index (χ4n) is 0.956. The third kappa shape index (κ3) is 3.06. The maximum absolute atomic E-state index is 10.2. The summed E-state index contributed by atoms with van der Waals surface area (Å²) in [6, 6.07) is 5.62. The molecule has 0 fully saturated rings. The van der Waals surface area contributed by atoms with Crippen molar-refractivity contribution in [1.29, 1.82) is 0 Å². The molecular weight excluding hydrogens is 212 g/mol. The quantitative estimate of drug-likeness (QED) is 0.641. The van der Waals surface area contributed by atoms with Gasteiger partial charge in [-0.15, -0.1) is 0 Å². The molecule has 0 unspecified atom stereocenters. The monoisotopic (exact) mass is 222 g/mol. The lowest BCUT2D eigenvalue weighted by Gasteiger charge is -2.00. The van der Waals surface area contributed by atoms with Crippen molar-refractivity contribution in [3.63, 3.8) is 0 Å². The number of aldehydes is 1. The van der Waals surface area contributed by atoms with Gasteiger partial charge in [-0.05, 0) is 12.1 Å². The van der Waals surface area contributed by atoms with Gasteiger partial charge in [0.1, 0.15) is 17.2 Å². The lowest BCUT2D eigenvalue weighted by atomic mass is 10.2. The number of hydrogen-bond donors (Lipinski definition) is 3. The van der Waals surface area contributed by atoms with Crippen LogP contribution in [0.4, 0.5) is 0 Å². The molecule has 0 aliphatic carbocycles. The topological polar surface area (TPSA) is 90.9 Å². The number of benzene rings is 1. The first-order valence-electron chi connectivity index (χ1n) is 4.32. The van der Waals surface area contributed by atoms with Gasteiger partial charge in [0, 0.05) is 12.1 Å². The summed E-state index contributed by atoms with van der Waals surface area (Å²) < 4.78 is 4.58. The summed E-state index contributed by atoms with van der Waals surface area (Å²) in [7, 11) is 0. The van der Waals surface area contributed by atoms with E-state index < -0.39 is 11.5 Å². The summed E-state index contributed by atoms with van der Waals surface area (Å²) in [6.45, 7) is 0. The van der Waals surface area contributed by atoms with Gasteiger partial charge in [-0.2, -0.15) is 0 Å². The first-order valence-corrected chi connectivity index (χ1v) is 4.32. The number of carbonyl (C=O) groups is 1. The third-order valence-electron chi connectivity index (χ3n) is 1.66. The lowest BCUT2D eigenvalue weighted by Crippen LogP contribution is -1.81. The van der Waals surface area contributed by atoms with E-state index in [9.17, 15) is 4.79 Å². The molecule has 3 N–H and O–H groups in total. The zero-order chi connectivity index (χ0) is 12.0. The Morgan fingerprint density at radius 1 is 1.00 bits per heavy atom. The molecule has 0 aliphatic heterocycles. The minimum absolute atomic E-state index is 0.220. The summed E-state index contributed by atoms with van der Waals surface area (Å²) >= 11 is 0. The van der Waals surface area contributed by atoms with Gasteiger partial charge in [-0.1, -0.05) is 0 Å². The van der Waals surface area contributed by atoms with Gasteiger partial charge in [0.05, 0.1) is 18.1 Å². The Morgan fingerprint density at radius 2 is 1.50 bits per heavy atom. The SMILES string of the molecule is O=Cc1c(O)cc(O)cc1O.c1ccoc1. The van der Waals surface area contributed by atoms with Crippen molar-refractivity contribution in [2.75, 3.05) is 0 Å². The molecule has 2 rings (SSSR count). The molecule has 0 spiro atoms. The third-order valence-corrected chi connectivity index (χ3v) is 1.66. The largest absolute Gasteiger partial charge is 0.508 e. The molecule has 0 saturated heterocycles. The molecule has 2 aromatic rings. The number of hydrogen-bond acceptors (Lipinski definition) is 5. The normalized spacial score (nSPS) is 9.00. The van der Waals surface area contributed by atoms with Gasteiger partial charge in [0.15, 0.2) is 6.29 Å². The van der Waals surface area contributed by atoms with Crippen molar-refractivity contribution in [1.82, 2.24) is 0 Å². The molecule has 16 heavy (non-hydrogen) atoms. The minimum atomic E-state index is -0.433. The van der Waals surface area contributed by atoms with Crippen LogP contribution in [0.1, 0.15) is 10.4 Å². The summed E-state index contributed by atoms with van der Waals surface area (Å²) in [4.78, 5) is 10.2. The first-order chi connectivity index (χ1) is 7.65. The number of aromatic hydroxyl groups is 3. The van der Waals surface area contributed by atoms with E-state index in [1.165, 1.54) is 0 Å². The summed E-state index contributed by atoms with van der Waals surface area (Å²) in [5.41, 5.74) is -0.220. The zero-order valence-corrected chi connectivity index (χ0v) is 8.20. The highest BCUT2D eigenvalue weighted by molar-refractivity contribution is 5.83. The van der Waals surface area contributed by atoms with E-state index in [4.69, 9.17) is 15.3 Å². The number of carbonyl (C=O) groups excluding carboxylic acids is 1. The van der Waals surface area contributed by atoms with Crippen molar-refractivity contribution in [2.24, 2.45) is 0 Å². The van der Waals surface area contributed by atoms with E-state index in [0.717, 1.165) is 12.1 Å². The highest BCUT2D eigenvalue weighted by Gasteiger charge is 2.07. The highest BCUT2D eigenvalue weighted by Crippen LogP contribution is 2.29. The predicted molar refractivity (Wildman–Crippen MR) is 55.5 cm³/mol. The minimum Gasteiger partial charge on any atom is -0.508 e. The second kappa shape index (κ2) is 5.45. The Kier molecular flexibility index (Phi) is 3.97. The number of phenols is 3. The van der Waals surface area contributed by atoms with Crippen molar-refractivity contribution in [2.45, 2.75) is 0 Å². The Balaban J connectivity index is 0.000000212. The standard InChI is InChI=1S/C7H6O4.C4H4O/c8-3-5-6(10)1-4(9)2-7(5)11;1-2-4-5-3-1/h1-3,9-11H;1-4H. The van der Waals surface area contributed by atoms with Crippen molar-refractivity contribution in [3.8, 4) is 17.2 Å². The summed E-state index contributed by atoms with van der Waals surface area (Å²) in [5, 5.41) is 26.6. The number of phenolic OH excluding ortho intramolecular Hbond substituents is 3. The van der Waals surface area contributed by atoms with Crippen LogP contribution >= 0.6 is 0 Å². The average molecular weight is 222 g/mol. The van der Waals surface area contributed by atoms with E-state index in [1.807, 2.05) is 12.1 Å². The zero-order valence-electron chi connectivity index (χ0n) is 8.20. The maximum Gasteiger partial charge on any atom is 0.157 e. The molecule has 0 amide bonds. The van der Waals surface area contributed by atoms with Gasteiger partial charge < -0.3 is 19.7 Å². The predicted octanol–water partition coefficient (Wildman–Crippen LogP) is 1.90. The second-order valence-electron chi connectivity index (χ2n) is 2.81. The van der Waals surface area contributed by atoms with Gasteiger partial charge in [0.2, 0.25) is 0 Å². The highest BCUT2D eigenvalue weighted by atomic mass is 16.3. The fraction of sp³-hybridized carbons (Fsp3) is 0. The Labute approximate surface area is 91.2 Å². The first kappa shape index (κ1) is 11.6. The van der Waals surface area contributed by atoms with Crippen LogP contribution in [0.3, 0.4) is 0 Å². The smallest absolute Gasteiger partial charge is 0.157 e. The average Bonchev–Trinajstić information content (AvgIpc) is 2.74. The Bertz CT molecular complexity index is 407. The molecule has 0 bridgehead atoms. The molecule has 0 radical (unpaired) electrons. The fourth-order valence-corrected chi connectivity index (χ4v) is 0.956. The van der Waals surface area contributed by atoms with E-state index in [2.05, 4.69) is 4.42 Å². The molecule has 1 heterocycles. The molecule has 0 saturated carbocycles. The molecule has 1 aromatic heterocycles. The van der Waals surface area contributed by atoms with Crippen LogP contribution in [0.5, 0.6) is 17.2 Å². The maximum atomic E-state index is 10.2.